The number of benzene rings is 1. The molecule has 1 heterocycles. The van der Waals surface area contributed by atoms with E-state index in [1.54, 1.807) is 20.4 Å². The van der Waals surface area contributed by atoms with Crippen LogP contribution in [0.15, 0.2) is 30.5 Å². The maximum absolute atomic E-state index is 5.40. The van der Waals surface area contributed by atoms with Gasteiger partial charge in [-0.1, -0.05) is 12.1 Å². The first-order chi connectivity index (χ1) is 9.07. The Morgan fingerprint density at radius 1 is 1.16 bits per heavy atom. The van der Waals surface area contributed by atoms with Crippen molar-refractivity contribution in [1.82, 2.24) is 4.98 Å². The first-order valence-corrected chi connectivity index (χ1v) is 6.28. The second-order valence-electron chi connectivity index (χ2n) is 5.03. The van der Waals surface area contributed by atoms with E-state index in [0.717, 1.165) is 22.3 Å². The van der Waals surface area contributed by atoms with Crippen LogP contribution in [-0.2, 0) is 4.74 Å². The van der Waals surface area contributed by atoms with Gasteiger partial charge >= 0.3 is 0 Å². The number of aromatic nitrogens is 1. The summed E-state index contributed by atoms with van der Waals surface area (Å²) < 4.78 is 10.8. The van der Waals surface area contributed by atoms with Crippen LogP contribution in [0.25, 0.3) is 10.8 Å². The zero-order chi connectivity index (χ0) is 13.9. The van der Waals surface area contributed by atoms with Crippen LogP contribution in [0, 0.1) is 0 Å². The molecule has 0 saturated carbocycles. The fourth-order valence-corrected chi connectivity index (χ4v) is 1.87. The van der Waals surface area contributed by atoms with Crippen molar-refractivity contribution in [3.05, 3.63) is 30.5 Å². The number of fused-ring (bicyclic) bond motifs is 1. The maximum atomic E-state index is 5.40. The molecule has 2 aromatic rings. The van der Waals surface area contributed by atoms with E-state index in [1.807, 2.05) is 38.1 Å². The van der Waals surface area contributed by atoms with Gasteiger partial charge < -0.3 is 14.8 Å². The van der Waals surface area contributed by atoms with Gasteiger partial charge in [-0.15, -0.1) is 0 Å². The summed E-state index contributed by atoms with van der Waals surface area (Å²) in [5.74, 6) is 1.70. The van der Waals surface area contributed by atoms with Crippen LogP contribution in [-0.4, -0.2) is 31.3 Å². The summed E-state index contributed by atoms with van der Waals surface area (Å²) in [6.07, 6.45) is 1.78. The smallest absolute Gasteiger partial charge is 0.134 e. The van der Waals surface area contributed by atoms with E-state index in [-0.39, 0.29) is 5.60 Å². The normalized spacial score (nSPS) is 11.6. The Morgan fingerprint density at radius 3 is 2.63 bits per heavy atom. The molecule has 0 spiro atoms. The van der Waals surface area contributed by atoms with Gasteiger partial charge in [0, 0.05) is 30.6 Å². The lowest BCUT2D eigenvalue weighted by molar-refractivity contribution is 0.0343. The molecule has 0 radical (unpaired) electrons. The molecule has 2 rings (SSSR count). The highest BCUT2D eigenvalue weighted by molar-refractivity contribution is 5.95. The van der Waals surface area contributed by atoms with Crippen LogP contribution < -0.4 is 10.1 Å². The maximum Gasteiger partial charge on any atom is 0.134 e. The van der Waals surface area contributed by atoms with Crippen molar-refractivity contribution in [1.29, 1.82) is 0 Å². The number of nitrogens with one attached hydrogen (secondary N) is 1. The molecule has 0 unspecified atom stereocenters. The number of anilines is 1. The van der Waals surface area contributed by atoms with Crippen LogP contribution in [0.5, 0.6) is 5.75 Å². The first-order valence-electron chi connectivity index (χ1n) is 6.28. The van der Waals surface area contributed by atoms with Crippen LogP contribution in [0.1, 0.15) is 13.8 Å². The molecule has 0 amide bonds. The summed E-state index contributed by atoms with van der Waals surface area (Å²) in [7, 11) is 3.39. The number of hydrogen-bond acceptors (Lipinski definition) is 4. The number of methoxy groups -OCH3 is 2. The molecule has 0 aliphatic rings. The van der Waals surface area contributed by atoms with E-state index in [4.69, 9.17) is 9.47 Å². The predicted octanol–water partition coefficient (Wildman–Crippen LogP) is 3.08. The van der Waals surface area contributed by atoms with Crippen molar-refractivity contribution in [2.75, 3.05) is 26.1 Å². The Balaban J connectivity index is 2.34. The molecule has 4 heteroatoms. The highest BCUT2D eigenvalue weighted by Crippen LogP contribution is 2.29. The van der Waals surface area contributed by atoms with Crippen LogP contribution in [0.3, 0.4) is 0 Å². The summed E-state index contributed by atoms with van der Waals surface area (Å²) in [5, 5.41) is 5.44. The number of rotatable bonds is 5. The molecule has 0 saturated heterocycles. The van der Waals surface area contributed by atoms with Crippen LogP contribution in [0.2, 0.25) is 0 Å². The quantitative estimate of drug-likeness (QED) is 0.897. The third-order valence-corrected chi connectivity index (χ3v) is 3.22. The SMILES string of the molecule is COc1cccc2c(NCC(C)(C)OC)nccc12. The van der Waals surface area contributed by atoms with Gasteiger partial charge in [-0.3, -0.25) is 0 Å². The molecule has 0 aliphatic heterocycles. The van der Waals surface area contributed by atoms with Crippen molar-refractivity contribution in [2.24, 2.45) is 0 Å². The van der Waals surface area contributed by atoms with E-state index in [0.29, 0.717) is 6.54 Å². The molecule has 0 bridgehead atoms. The Hall–Kier alpha value is -1.81. The van der Waals surface area contributed by atoms with Gasteiger partial charge in [0.2, 0.25) is 0 Å². The molecule has 0 aliphatic carbocycles. The molecule has 102 valence electrons. The fraction of sp³-hybridized carbons (Fsp3) is 0.400. The van der Waals surface area contributed by atoms with E-state index in [1.165, 1.54) is 0 Å². The van der Waals surface area contributed by atoms with Crippen molar-refractivity contribution >= 4 is 16.6 Å². The average molecular weight is 260 g/mol. The lowest BCUT2D eigenvalue weighted by Gasteiger charge is -2.23. The average Bonchev–Trinajstić information content (AvgIpc) is 2.44. The summed E-state index contributed by atoms with van der Waals surface area (Å²) in [6, 6.07) is 7.91. The largest absolute Gasteiger partial charge is 0.496 e. The van der Waals surface area contributed by atoms with Gasteiger partial charge in [0.1, 0.15) is 11.6 Å². The monoisotopic (exact) mass is 260 g/mol. The molecule has 0 fully saturated rings. The Morgan fingerprint density at radius 2 is 1.95 bits per heavy atom. The van der Waals surface area contributed by atoms with Crippen molar-refractivity contribution in [3.63, 3.8) is 0 Å². The molecule has 0 atom stereocenters. The third-order valence-electron chi connectivity index (χ3n) is 3.22. The Bertz CT molecular complexity index is 567. The van der Waals surface area contributed by atoms with Crippen molar-refractivity contribution < 1.29 is 9.47 Å². The lowest BCUT2D eigenvalue weighted by atomic mass is 10.1. The number of ether oxygens (including phenoxy) is 2. The fourth-order valence-electron chi connectivity index (χ4n) is 1.87. The topological polar surface area (TPSA) is 43.4 Å². The van der Waals surface area contributed by atoms with Crippen LogP contribution >= 0.6 is 0 Å². The molecule has 19 heavy (non-hydrogen) atoms. The second kappa shape index (κ2) is 5.45. The summed E-state index contributed by atoms with van der Waals surface area (Å²) in [5.41, 5.74) is -0.233. The van der Waals surface area contributed by atoms with E-state index in [2.05, 4.69) is 10.3 Å². The van der Waals surface area contributed by atoms with Crippen molar-refractivity contribution in [3.8, 4) is 5.75 Å². The predicted molar refractivity (Wildman–Crippen MR) is 77.9 cm³/mol. The molecular formula is C15H20N2O2. The third kappa shape index (κ3) is 2.96. The molecule has 4 nitrogen and oxygen atoms in total. The summed E-state index contributed by atoms with van der Waals surface area (Å²) >= 11 is 0. The molecule has 1 aromatic carbocycles. The minimum atomic E-state index is -0.233. The minimum Gasteiger partial charge on any atom is -0.496 e. The Labute approximate surface area is 113 Å². The van der Waals surface area contributed by atoms with Gasteiger partial charge in [-0.2, -0.15) is 0 Å². The van der Waals surface area contributed by atoms with Gasteiger partial charge in [0.25, 0.3) is 0 Å². The number of nitrogens with zero attached hydrogens (tertiary/aromatic N) is 1. The lowest BCUT2D eigenvalue weighted by Crippen LogP contribution is -2.32. The van der Waals surface area contributed by atoms with Crippen LogP contribution in [0.4, 0.5) is 5.82 Å². The zero-order valence-electron chi connectivity index (χ0n) is 11.9. The number of hydrogen-bond donors (Lipinski definition) is 1. The van der Waals surface area contributed by atoms with Gasteiger partial charge in [0.15, 0.2) is 0 Å². The van der Waals surface area contributed by atoms with Gasteiger partial charge in [-0.25, -0.2) is 4.98 Å². The minimum absolute atomic E-state index is 0.233. The number of pyridine rings is 1. The Kier molecular flexibility index (Phi) is 3.90. The highest BCUT2D eigenvalue weighted by atomic mass is 16.5. The standard InChI is InChI=1S/C15H20N2O2/c1-15(2,19-4)10-17-14-12-6-5-7-13(18-3)11(12)8-9-16-14/h5-9H,10H2,1-4H3,(H,16,17). The zero-order valence-corrected chi connectivity index (χ0v) is 11.9. The molecular weight excluding hydrogens is 240 g/mol. The first kappa shape index (κ1) is 13.6. The summed E-state index contributed by atoms with van der Waals surface area (Å²) in [4.78, 5) is 4.40. The highest BCUT2D eigenvalue weighted by Gasteiger charge is 2.16. The van der Waals surface area contributed by atoms with Gasteiger partial charge in [0.05, 0.1) is 12.7 Å². The molecule has 1 aromatic heterocycles. The van der Waals surface area contributed by atoms with E-state index < -0.39 is 0 Å². The molecule has 1 N–H and O–H groups in total. The second-order valence-corrected chi connectivity index (χ2v) is 5.03. The van der Waals surface area contributed by atoms with Gasteiger partial charge in [-0.05, 0) is 26.0 Å². The van der Waals surface area contributed by atoms with E-state index >= 15 is 0 Å². The van der Waals surface area contributed by atoms with E-state index in [9.17, 15) is 0 Å². The van der Waals surface area contributed by atoms with Crippen molar-refractivity contribution in [2.45, 2.75) is 19.4 Å². The summed E-state index contributed by atoms with van der Waals surface area (Å²) in [6.45, 7) is 4.75.